The molecule has 1 aromatic rings. The van der Waals surface area contributed by atoms with Gasteiger partial charge in [-0.3, -0.25) is 4.99 Å². The van der Waals surface area contributed by atoms with Gasteiger partial charge in [0.2, 0.25) is 0 Å². The highest BCUT2D eigenvalue weighted by Crippen LogP contribution is 2.35. The first kappa shape index (κ1) is 12.0. The minimum absolute atomic E-state index is 0.108. The molecule has 0 aliphatic carbocycles. The zero-order valence-corrected chi connectivity index (χ0v) is 11.1. The molecule has 0 saturated carbocycles. The van der Waals surface area contributed by atoms with Crippen LogP contribution in [-0.4, -0.2) is 23.4 Å². The lowest BCUT2D eigenvalue weighted by Crippen LogP contribution is -2.51. The van der Waals surface area contributed by atoms with Crippen molar-refractivity contribution < 1.29 is 0 Å². The van der Waals surface area contributed by atoms with Gasteiger partial charge in [-0.05, 0) is 38.8 Å². The summed E-state index contributed by atoms with van der Waals surface area (Å²) in [6.45, 7) is 9.42. The number of nitrogens with two attached hydrogens (primary N) is 1. The molecule has 1 atom stereocenters. The van der Waals surface area contributed by atoms with Crippen molar-refractivity contribution in [2.45, 2.75) is 39.3 Å². The van der Waals surface area contributed by atoms with Crippen LogP contribution in [0.5, 0.6) is 0 Å². The largest absolute Gasteiger partial charge is 0.370 e. The fraction of sp³-hybridized carbons (Fsp3) is 0.500. The highest BCUT2D eigenvalue weighted by Gasteiger charge is 2.41. The van der Waals surface area contributed by atoms with Gasteiger partial charge in [0, 0.05) is 6.04 Å². The molecule has 2 N–H and O–H groups in total. The van der Waals surface area contributed by atoms with Crippen molar-refractivity contribution in [2.75, 3.05) is 6.54 Å². The summed E-state index contributed by atoms with van der Waals surface area (Å²) in [5.74, 6) is 0.658. The van der Waals surface area contributed by atoms with Crippen molar-refractivity contribution in [2.24, 2.45) is 10.7 Å². The Morgan fingerprint density at radius 3 is 2.59 bits per heavy atom. The van der Waals surface area contributed by atoms with E-state index >= 15 is 0 Å². The summed E-state index contributed by atoms with van der Waals surface area (Å²) >= 11 is 0. The van der Waals surface area contributed by atoms with Crippen molar-refractivity contribution in [3.63, 3.8) is 0 Å². The van der Waals surface area contributed by atoms with E-state index in [4.69, 9.17) is 5.73 Å². The molecule has 0 aromatic heterocycles. The number of aryl methyl sites for hydroxylation is 1. The topological polar surface area (TPSA) is 41.6 Å². The molecule has 1 aromatic carbocycles. The number of nitrogens with zero attached hydrogens (tertiary/aromatic N) is 2. The second-order valence-corrected chi connectivity index (χ2v) is 5.23. The van der Waals surface area contributed by atoms with Crippen LogP contribution >= 0.6 is 0 Å². The molecule has 92 valence electrons. The number of guanidine groups is 1. The van der Waals surface area contributed by atoms with E-state index in [-0.39, 0.29) is 5.54 Å². The third-order valence-electron chi connectivity index (χ3n) is 3.57. The van der Waals surface area contributed by atoms with Gasteiger partial charge in [0.1, 0.15) is 0 Å². The van der Waals surface area contributed by atoms with Crippen LogP contribution < -0.4 is 5.73 Å². The minimum Gasteiger partial charge on any atom is -0.370 e. The second-order valence-electron chi connectivity index (χ2n) is 5.23. The van der Waals surface area contributed by atoms with Crippen LogP contribution in [0.1, 0.15) is 31.9 Å². The predicted molar refractivity (Wildman–Crippen MR) is 72.0 cm³/mol. The molecule has 0 bridgehead atoms. The van der Waals surface area contributed by atoms with Crippen molar-refractivity contribution in [3.8, 4) is 0 Å². The Hall–Kier alpha value is -1.51. The van der Waals surface area contributed by atoms with Crippen LogP contribution in [0.15, 0.2) is 29.3 Å². The fourth-order valence-corrected chi connectivity index (χ4v) is 2.87. The predicted octanol–water partition coefficient (Wildman–Crippen LogP) is 2.25. The molecule has 0 spiro atoms. The lowest BCUT2D eigenvalue weighted by Gasteiger charge is -2.40. The molecule has 0 saturated heterocycles. The third-order valence-corrected chi connectivity index (χ3v) is 3.57. The molecule has 3 heteroatoms. The lowest BCUT2D eigenvalue weighted by atomic mass is 9.87. The van der Waals surface area contributed by atoms with Gasteiger partial charge in [0.15, 0.2) is 5.96 Å². The first-order chi connectivity index (χ1) is 7.97. The van der Waals surface area contributed by atoms with E-state index in [0.29, 0.717) is 12.0 Å². The number of hydrogen-bond donors (Lipinski definition) is 1. The first-order valence-electron chi connectivity index (χ1n) is 6.12. The van der Waals surface area contributed by atoms with E-state index in [1.54, 1.807) is 0 Å². The van der Waals surface area contributed by atoms with Crippen LogP contribution in [0.25, 0.3) is 0 Å². The Morgan fingerprint density at radius 1 is 1.35 bits per heavy atom. The maximum Gasteiger partial charge on any atom is 0.192 e. The summed E-state index contributed by atoms with van der Waals surface area (Å²) in [4.78, 5) is 6.65. The summed E-state index contributed by atoms with van der Waals surface area (Å²) in [7, 11) is 0. The molecule has 3 nitrogen and oxygen atoms in total. The quantitative estimate of drug-likeness (QED) is 0.848. The Kier molecular flexibility index (Phi) is 2.86. The van der Waals surface area contributed by atoms with Gasteiger partial charge in [0.25, 0.3) is 0 Å². The van der Waals surface area contributed by atoms with Gasteiger partial charge in [-0.25, -0.2) is 0 Å². The van der Waals surface area contributed by atoms with Crippen molar-refractivity contribution >= 4 is 5.96 Å². The van der Waals surface area contributed by atoms with E-state index in [0.717, 1.165) is 6.54 Å². The highest BCUT2D eigenvalue weighted by atomic mass is 15.4. The van der Waals surface area contributed by atoms with E-state index in [2.05, 4.69) is 61.9 Å². The molecular weight excluding hydrogens is 210 g/mol. The van der Waals surface area contributed by atoms with Crippen LogP contribution in [-0.2, 0) is 5.54 Å². The fourth-order valence-electron chi connectivity index (χ4n) is 2.87. The Labute approximate surface area is 103 Å². The number of benzene rings is 1. The van der Waals surface area contributed by atoms with Gasteiger partial charge < -0.3 is 10.6 Å². The minimum atomic E-state index is -0.108. The van der Waals surface area contributed by atoms with Crippen molar-refractivity contribution in [1.82, 2.24) is 4.90 Å². The average molecular weight is 231 g/mol. The smallest absolute Gasteiger partial charge is 0.192 e. The van der Waals surface area contributed by atoms with Crippen molar-refractivity contribution in [3.05, 3.63) is 35.4 Å². The Bertz CT molecular complexity index is 451. The number of hydrogen-bond acceptors (Lipinski definition) is 3. The molecule has 1 heterocycles. The third kappa shape index (κ3) is 1.79. The average Bonchev–Trinajstić information content (AvgIpc) is 2.56. The van der Waals surface area contributed by atoms with Gasteiger partial charge in [-0.15, -0.1) is 0 Å². The zero-order valence-electron chi connectivity index (χ0n) is 11.1. The normalized spacial score (nSPS) is 24.3. The zero-order chi connectivity index (χ0) is 12.6. The summed E-state index contributed by atoms with van der Waals surface area (Å²) < 4.78 is 0. The van der Waals surface area contributed by atoms with E-state index in [9.17, 15) is 0 Å². The Morgan fingerprint density at radius 2 is 2.00 bits per heavy atom. The highest BCUT2D eigenvalue weighted by molar-refractivity contribution is 5.81. The molecule has 1 aliphatic rings. The maximum absolute atomic E-state index is 6.02. The summed E-state index contributed by atoms with van der Waals surface area (Å²) in [5.41, 5.74) is 8.53. The van der Waals surface area contributed by atoms with Crippen LogP contribution in [0.4, 0.5) is 0 Å². The van der Waals surface area contributed by atoms with Gasteiger partial charge in [0.05, 0.1) is 12.1 Å². The SMILES string of the molecule is Cc1ccccc1C1(C)CN=C(N)N1C(C)C. The lowest BCUT2D eigenvalue weighted by molar-refractivity contribution is 0.184. The van der Waals surface area contributed by atoms with Gasteiger partial charge >= 0.3 is 0 Å². The van der Waals surface area contributed by atoms with Crippen LogP contribution in [0.2, 0.25) is 0 Å². The van der Waals surface area contributed by atoms with Crippen molar-refractivity contribution in [1.29, 1.82) is 0 Å². The molecular formula is C14H21N3. The van der Waals surface area contributed by atoms with Crippen LogP contribution in [0.3, 0.4) is 0 Å². The van der Waals surface area contributed by atoms with E-state index in [1.165, 1.54) is 11.1 Å². The first-order valence-corrected chi connectivity index (χ1v) is 6.12. The standard InChI is InChI=1S/C14H21N3/c1-10(2)17-13(15)16-9-14(17,4)12-8-6-5-7-11(12)3/h5-8,10H,9H2,1-4H3,(H2,15,16). The van der Waals surface area contributed by atoms with Gasteiger partial charge in [-0.1, -0.05) is 24.3 Å². The summed E-state index contributed by atoms with van der Waals surface area (Å²) in [5, 5.41) is 0. The van der Waals surface area contributed by atoms with Gasteiger partial charge in [-0.2, -0.15) is 0 Å². The molecule has 0 amide bonds. The molecule has 1 aliphatic heterocycles. The molecule has 0 fully saturated rings. The summed E-state index contributed by atoms with van der Waals surface area (Å²) in [6.07, 6.45) is 0. The Balaban J connectivity index is 2.47. The summed E-state index contributed by atoms with van der Waals surface area (Å²) in [6, 6.07) is 8.83. The number of rotatable bonds is 2. The van der Waals surface area contributed by atoms with Crippen LogP contribution in [0, 0.1) is 6.92 Å². The molecule has 2 rings (SSSR count). The molecule has 17 heavy (non-hydrogen) atoms. The van der Waals surface area contributed by atoms with E-state index < -0.39 is 0 Å². The monoisotopic (exact) mass is 231 g/mol. The second kappa shape index (κ2) is 4.06. The van der Waals surface area contributed by atoms with E-state index in [1.807, 2.05) is 0 Å². The number of aliphatic imine (C=N–C) groups is 1. The maximum atomic E-state index is 6.02. The molecule has 0 radical (unpaired) electrons. The molecule has 1 unspecified atom stereocenters.